The Morgan fingerprint density at radius 1 is 1.33 bits per heavy atom. The van der Waals surface area contributed by atoms with Crippen LogP contribution in [0.1, 0.15) is 39.0 Å². The van der Waals surface area contributed by atoms with Crippen LogP contribution in [0.2, 0.25) is 0 Å². The highest BCUT2D eigenvalue weighted by Gasteiger charge is 2.52. The Bertz CT molecular complexity index is 557. The van der Waals surface area contributed by atoms with Crippen molar-refractivity contribution in [1.82, 2.24) is 4.98 Å². The highest BCUT2D eigenvalue weighted by molar-refractivity contribution is 6.55. The van der Waals surface area contributed by atoms with E-state index in [1.807, 2.05) is 33.8 Å². The molecular weight excluding hydrogens is 270 g/mol. The molecule has 1 saturated heterocycles. The zero-order valence-electron chi connectivity index (χ0n) is 13.2. The van der Waals surface area contributed by atoms with Crippen molar-refractivity contribution in [2.75, 3.05) is 6.54 Å². The minimum atomic E-state index is -0.508. The minimum Gasteiger partial charge on any atom is -0.400 e. The molecule has 0 saturated carbocycles. The lowest BCUT2D eigenvalue weighted by Crippen LogP contribution is -2.41. The molecule has 1 fully saturated rings. The number of aryl methyl sites for hydroxylation is 1. The topological polar surface area (TPSA) is 57.4 Å². The molecule has 0 atom stereocenters. The van der Waals surface area contributed by atoms with Crippen molar-refractivity contribution in [2.45, 2.75) is 45.8 Å². The third kappa shape index (κ3) is 3.17. The van der Waals surface area contributed by atoms with Crippen LogP contribution in [0, 0.1) is 12.7 Å². The molecule has 0 amide bonds. The number of aromatic nitrogens is 1. The van der Waals surface area contributed by atoms with Gasteiger partial charge in [0.15, 0.2) is 0 Å². The number of rotatable bonds is 3. The molecule has 1 aliphatic rings. The zero-order valence-corrected chi connectivity index (χ0v) is 13.2. The van der Waals surface area contributed by atoms with E-state index in [4.69, 9.17) is 15.0 Å². The van der Waals surface area contributed by atoms with Gasteiger partial charge >= 0.3 is 7.12 Å². The van der Waals surface area contributed by atoms with E-state index < -0.39 is 18.3 Å². The number of nitrogens with zero attached hydrogens (tertiary/aromatic N) is 1. The van der Waals surface area contributed by atoms with Crippen LogP contribution in [0.25, 0.3) is 6.08 Å². The summed E-state index contributed by atoms with van der Waals surface area (Å²) in [4.78, 5) is 4.09. The smallest absolute Gasteiger partial charge is 0.400 e. The Labute approximate surface area is 125 Å². The van der Waals surface area contributed by atoms with Gasteiger partial charge in [-0.3, -0.25) is 4.98 Å². The van der Waals surface area contributed by atoms with Crippen molar-refractivity contribution < 1.29 is 13.7 Å². The first-order chi connectivity index (χ1) is 9.66. The van der Waals surface area contributed by atoms with E-state index in [9.17, 15) is 4.39 Å². The summed E-state index contributed by atoms with van der Waals surface area (Å²) in [7, 11) is -0.508. The van der Waals surface area contributed by atoms with E-state index in [0.29, 0.717) is 5.69 Å². The first-order valence-electron chi connectivity index (χ1n) is 7.04. The van der Waals surface area contributed by atoms with E-state index in [1.165, 1.54) is 12.3 Å². The lowest BCUT2D eigenvalue weighted by Gasteiger charge is -2.32. The molecule has 1 aliphatic heterocycles. The Kier molecular flexibility index (Phi) is 4.24. The molecule has 2 heterocycles. The molecule has 0 unspecified atom stereocenters. The molecule has 6 heteroatoms. The Hall–Kier alpha value is -1.24. The van der Waals surface area contributed by atoms with Crippen LogP contribution < -0.4 is 5.73 Å². The number of nitrogens with two attached hydrogens (primary N) is 1. The van der Waals surface area contributed by atoms with Gasteiger partial charge in [-0.15, -0.1) is 0 Å². The first kappa shape index (κ1) is 16.1. The molecule has 0 aliphatic carbocycles. The predicted molar refractivity (Wildman–Crippen MR) is 82.0 cm³/mol. The van der Waals surface area contributed by atoms with Crippen LogP contribution in [-0.2, 0) is 9.31 Å². The zero-order chi connectivity index (χ0) is 15.8. The third-order valence-electron chi connectivity index (χ3n) is 4.20. The van der Waals surface area contributed by atoms with Gasteiger partial charge in [0.1, 0.15) is 5.82 Å². The van der Waals surface area contributed by atoms with E-state index in [-0.39, 0.29) is 12.4 Å². The fourth-order valence-electron chi connectivity index (χ4n) is 2.10. The molecule has 1 aromatic rings. The van der Waals surface area contributed by atoms with E-state index in [0.717, 1.165) is 11.0 Å². The van der Waals surface area contributed by atoms with Crippen LogP contribution in [0.5, 0.6) is 0 Å². The lowest BCUT2D eigenvalue weighted by molar-refractivity contribution is 0.00578. The van der Waals surface area contributed by atoms with Crippen molar-refractivity contribution in [3.05, 3.63) is 34.8 Å². The number of hydrogen-bond donors (Lipinski definition) is 1. The summed E-state index contributed by atoms with van der Waals surface area (Å²) in [5.41, 5.74) is 7.20. The highest BCUT2D eigenvalue weighted by Crippen LogP contribution is 2.38. The average Bonchev–Trinajstić information content (AvgIpc) is 2.57. The van der Waals surface area contributed by atoms with E-state index in [2.05, 4.69) is 4.98 Å². The van der Waals surface area contributed by atoms with Gasteiger partial charge in [-0.25, -0.2) is 4.39 Å². The molecule has 2 rings (SSSR count). The number of hydrogen-bond acceptors (Lipinski definition) is 4. The third-order valence-corrected chi connectivity index (χ3v) is 4.20. The van der Waals surface area contributed by atoms with Crippen LogP contribution in [0.15, 0.2) is 17.7 Å². The summed E-state index contributed by atoms with van der Waals surface area (Å²) in [6.45, 7) is 10.0. The minimum absolute atomic E-state index is 0.287. The summed E-state index contributed by atoms with van der Waals surface area (Å²) in [6.07, 6.45) is 3.01. The van der Waals surface area contributed by atoms with E-state index in [1.54, 1.807) is 6.92 Å². The molecule has 0 spiro atoms. The van der Waals surface area contributed by atoms with Crippen molar-refractivity contribution >= 4 is 13.2 Å². The van der Waals surface area contributed by atoms with Crippen LogP contribution in [0.4, 0.5) is 4.39 Å². The second-order valence-electron chi connectivity index (χ2n) is 6.37. The lowest BCUT2D eigenvalue weighted by atomic mass is 9.77. The summed E-state index contributed by atoms with van der Waals surface area (Å²) in [5, 5.41) is 0. The van der Waals surface area contributed by atoms with Gasteiger partial charge in [0.05, 0.1) is 23.1 Å². The Morgan fingerprint density at radius 3 is 2.38 bits per heavy atom. The van der Waals surface area contributed by atoms with Crippen LogP contribution in [0.3, 0.4) is 0 Å². The monoisotopic (exact) mass is 292 g/mol. The maximum absolute atomic E-state index is 13.1. The molecule has 0 bridgehead atoms. The van der Waals surface area contributed by atoms with Crippen LogP contribution >= 0.6 is 0 Å². The molecule has 1 aromatic heterocycles. The van der Waals surface area contributed by atoms with Crippen LogP contribution in [-0.4, -0.2) is 29.8 Å². The number of halogens is 1. The van der Waals surface area contributed by atoms with Crippen molar-refractivity contribution in [1.29, 1.82) is 0 Å². The second-order valence-corrected chi connectivity index (χ2v) is 6.37. The fourth-order valence-corrected chi connectivity index (χ4v) is 2.10. The van der Waals surface area contributed by atoms with Gasteiger partial charge < -0.3 is 15.0 Å². The first-order valence-corrected chi connectivity index (χ1v) is 7.04. The van der Waals surface area contributed by atoms with Crippen molar-refractivity contribution in [2.24, 2.45) is 5.73 Å². The Morgan fingerprint density at radius 2 is 1.90 bits per heavy atom. The summed E-state index contributed by atoms with van der Waals surface area (Å²) in [5.74, 6) is -0.352. The quantitative estimate of drug-likeness (QED) is 0.870. The predicted octanol–water partition coefficient (Wildman–Crippen LogP) is 2.50. The average molecular weight is 292 g/mol. The standard InChI is InChI=1S/C15H22BFN2O2/c1-10-6-12(17)9-19-13(10)7-11(8-18)16-20-14(2,3)15(4,5)21-16/h6-7,9H,8,18H2,1-5H3. The molecule has 0 radical (unpaired) electrons. The normalized spacial score (nSPS) is 20.9. The molecule has 21 heavy (non-hydrogen) atoms. The fraction of sp³-hybridized carbons (Fsp3) is 0.533. The molecule has 2 N–H and O–H groups in total. The Balaban J connectivity index is 2.31. The maximum Gasteiger partial charge on any atom is 0.491 e. The second kappa shape index (κ2) is 5.52. The highest BCUT2D eigenvalue weighted by atomic mass is 19.1. The molecule has 114 valence electrons. The van der Waals surface area contributed by atoms with Crippen molar-refractivity contribution in [3.63, 3.8) is 0 Å². The SMILES string of the molecule is Cc1cc(F)cnc1C=C(CN)B1OC(C)(C)C(C)(C)O1. The van der Waals surface area contributed by atoms with Gasteiger partial charge in [-0.05, 0) is 57.8 Å². The van der Waals surface area contributed by atoms with Gasteiger partial charge in [-0.1, -0.05) is 0 Å². The van der Waals surface area contributed by atoms with Crippen molar-refractivity contribution in [3.8, 4) is 0 Å². The van der Waals surface area contributed by atoms with Gasteiger partial charge in [0.25, 0.3) is 0 Å². The summed E-state index contributed by atoms with van der Waals surface area (Å²) in [6, 6.07) is 1.44. The van der Waals surface area contributed by atoms with Gasteiger partial charge in [0.2, 0.25) is 0 Å². The molecule has 0 aromatic carbocycles. The molecule has 4 nitrogen and oxygen atoms in total. The van der Waals surface area contributed by atoms with Gasteiger partial charge in [0, 0.05) is 6.54 Å². The van der Waals surface area contributed by atoms with Gasteiger partial charge in [-0.2, -0.15) is 0 Å². The summed E-state index contributed by atoms with van der Waals surface area (Å²) >= 11 is 0. The molecular formula is C15H22BFN2O2. The maximum atomic E-state index is 13.1. The summed E-state index contributed by atoms with van der Waals surface area (Å²) < 4.78 is 25.1. The number of pyridine rings is 1. The van der Waals surface area contributed by atoms with E-state index >= 15 is 0 Å². The largest absolute Gasteiger partial charge is 0.491 e.